The Labute approximate surface area is 129 Å². The summed E-state index contributed by atoms with van der Waals surface area (Å²) in [5.41, 5.74) is 1.52. The van der Waals surface area contributed by atoms with E-state index in [1.165, 1.54) is 6.33 Å². The first kappa shape index (κ1) is 15.9. The van der Waals surface area contributed by atoms with Crippen molar-refractivity contribution in [1.29, 1.82) is 0 Å². The van der Waals surface area contributed by atoms with Gasteiger partial charge < -0.3 is 10.6 Å². The van der Waals surface area contributed by atoms with Crippen LogP contribution in [0.1, 0.15) is 24.1 Å². The first-order valence-electron chi connectivity index (χ1n) is 7.16. The smallest absolute Gasteiger partial charge is 0.191 e. The summed E-state index contributed by atoms with van der Waals surface area (Å²) in [7, 11) is 1.70. The predicted molar refractivity (Wildman–Crippen MR) is 84.1 cm³/mol. The van der Waals surface area contributed by atoms with E-state index in [9.17, 15) is 4.39 Å². The summed E-state index contributed by atoms with van der Waals surface area (Å²) >= 11 is 0. The zero-order valence-corrected chi connectivity index (χ0v) is 13.0. The Morgan fingerprint density at radius 1 is 1.45 bits per heavy atom. The third kappa shape index (κ3) is 4.28. The number of nitrogens with one attached hydrogen (secondary N) is 2. The molecule has 1 heterocycles. The second-order valence-electron chi connectivity index (χ2n) is 5.03. The molecule has 1 aromatic heterocycles. The van der Waals surface area contributed by atoms with Crippen LogP contribution in [-0.4, -0.2) is 34.3 Å². The van der Waals surface area contributed by atoms with Crippen molar-refractivity contribution in [3.8, 4) is 0 Å². The van der Waals surface area contributed by atoms with Crippen LogP contribution in [0.25, 0.3) is 0 Å². The van der Waals surface area contributed by atoms with E-state index in [-0.39, 0.29) is 11.9 Å². The molecule has 0 aliphatic rings. The number of halogens is 1. The molecule has 0 spiro atoms. The molecule has 1 atom stereocenters. The first-order chi connectivity index (χ1) is 10.6. The Bertz CT molecular complexity index is 623. The van der Waals surface area contributed by atoms with Crippen LogP contribution >= 0.6 is 0 Å². The maximum absolute atomic E-state index is 13.6. The Hall–Kier alpha value is -2.44. The van der Waals surface area contributed by atoms with Crippen LogP contribution < -0.4 is 10.6 Å². The van der Waals surface area contributed by atoms with E-state index in [1.54, 1.807) is 37.1 Å². The summed E-state index contributed by atoms with van der Waals surface area (Å²) in [6, 6.07) is 5.20. The average molecular weight is 304 g/mol. The predicted octanol–water partition coefficient (Wildman–Crippen LogP) is 1.65. The third-order valence-electron chi connectivity index (χ3n) is 3.37. The van der Waals surface area contributed by atoms with Gasteiger partial charge in [0.2, 0.25) is 0 Å². The lowest BCUT2D eigenvalue weighted by molar-refractivity contribution is 0.587. The van der Waals surface area contributed by atoms with Gasteiger partial charge in [0.25, 0.3) is 0 Å². The molecular formula is C15H21FN6. The standard InChI is InChI=1S/C15H21FN6/c1-11-4-5-13(8-14(11)16)12(2)21-15(17-3)19-6-7-22-10-18-9-20-22/h4-5,8-10,12H,6-7H2,1-3H3,(H2,17,19,21). The number of nitrogens with zero attached hydrogens (tertiary/aromatic N) is 4. The minimum atomic E-state index is -0.194. The number of rotatable bonds is 5. The van der Waals surface area contributed by atoms with Crippen molar-refractivity contribution in [2.45, 2.75) is 26.4 Å². The van der Waals surface area contributed by atoms with Gasteiger partial charge in [-0.2, -0.15) is 5.10 Å². The van der Waals surface area contributed by atoms with Gasteiger partial charge in [0, 0.05) is 13.6 Å². The van der Waals surface area contributed by atoms with Crippen molar-refractivity contribution in [3.05, 3.63) is 47.8 Å². The van der Waals surface area contributed by atoms with Crippen LogP contribution in [0.5, 0.6) is 0 Å². The molecule has 7 heteroatoms. The van der Waals surface area contributed by atoms with Crippen molar-refractivity contribution in [3.63, 3.8) is 0 Å². The Morgan fingerprint density at radius 2 is 2.27 bits per heavy atom. The number of aromatic nitrogens is 3. The molecule has 0 bridgehead atoms. The van der Waals surface area contributed by atoms with E-state index in [1.807, 2.05) is 13.0 Å². The second kappa shape index (κ2) is 7.53. The third-order valence-corrected chi connectivity index (χ3v) is 3.37. The molecule has 0 aliphatic carbocycles. The Kier molecular flexibility index (Phi) is 5.46. The van der Waals surface area contributed by atoms with E-state index in [2.05, 4.69) is 25.7 Å². The molecule has 1 aromatic carbocycles. The minimum Gasteiger partial charge on any atom is -0.355 e. The number of guanidine groups is 1. The second-order valence-corrected chi connectivity index (χ2v) is 5.03. The fourth-order valence-corrected chi connectivity index (χ4v) is 2.00. The topological polar surface area (TPSA) is 67.1 Å². The fraction of sp³-hybridized carbons (Fsp3) is 0.400. The van der Waals surface area contributed by atoms with Crippen molar-refractivity contribution < 1.29 is 4.39 Å². The molecule has 6 nitrogen and oxygen atoms in total. The summed E-state index contributed by atoms with van der Waals surface area (Å²) in [6.45, 7) is 5.07. The van der Waals surface area contributed by atoms with Gasteiger partial charge >= 0.3 is 0 Å². The van der Waals surface area contributed by atoms with Crippen LogP contribution in [0.2, 0.25) is 0 Å². The zero-order valence-electron chi connectivity index (χ0n) is 13.0. The van der Waals surface area contributed by atoms with Crippen LogP contribution in [-0.2, 0) is 6.54 Å². The summed E-state index contributed by atoms with van der Waals surface area (Å²) in [6.07, 6.45) is 3.16. The summed E-state index contributed by atoms with van der Waals surface area (Å²) in [5, 5.41) is 10.5. The fourth-order valence-electron chi connectivity index (χ4n) is 2.00. The van der Waals surface area contributed by atoms with Crippen molar-refractivity contribution >= 4 is 5.96 Å². The van der Waals surface area contributed by atoms with E-state index < -0.39 is 0 Å². The largest absolute Gasteiger partial charge is 0.355 e. The highest BCUT2D eigenvalue weighted by atomic mass is 19.1. The van der Waals surface area contributed by atoms with E-state index in [0.29, 0.717) is 24.6 Å². The quantitative estimate of drug-likeness (QED) is 0.651. The number of aliphatic imine (C=N–C) groups is 1. The van der Waals surface area contributed by atoms with Gasteiger partial charge in [0.05, 0.1) is 12.6 Å². The maximum Gasteiger partial charge on any atom is 0.191 e. The average Bonchev–Trinajstić information content (AvgIpc) is 3.02. The van der Waals surface area contributed by atoms with Gasteiger partial charge in [-0.25, -0.2) is 9.37 Å². The molecule has 2 aromatic rings. The lowest BCUT2D eigenvalue weighted by Crippen LogP contribution is -2.40. The SMILES string of the molecule is CN=C(NCCn1cncn1)NC(C)c1ccc(C)c(F)c1. The van der Waals surface area contributed by atoms with Crippen LogP contribution in [0.4, 0.5) is 4.39 Å². The van der Waals surface area contributed by atoms with E-state index >= 15 is 0 Å². The molecule has 0 aliphatic heterocycles. The molecule has 0 amide bonds. The van der Waals surface area contributed by atoms with Gasteiger partial charge in [-0.3, -0.25) is 9.67 Å². The van der Waals surface area contributed by atoms with Crippen LogP contribution in [0.15, 0.2) is 35.8 Å². The number of hydrogen-bond acceptors (Lipinski definition) is 3. The first-order valence-corrected chi connectivity index (χ1v) is 7.16. The van der Waals surface area contributed by atoms with Gasteiger partial charge in [0.1, 0.15) is 18.5 Å². The van der Waals surface area contributed by atoms with Gasteiger partial charge in [-0.05, 0) is 31.0 Å². The van der Waals surface area contributed by atoms with Crippen LogP contribution in [0.3, 0.4) is 0 Å². The molecule has 0 saturated heterocycles. The summed E-state index contributed by atoms with van der Waals surface area (Å²) < 4.78 is 15.4. The van der Waals surface area contributed by atoms with Gasteiger partial charge in [0.15, 0.2) is 5.96 Å². The molecule has 0 saturated carbocycles. The molecule has 2 N–H and O–H groups in total. The minimum absolute atomic E-state index is 0.0485. The molecule has 1 unspecified atom stereocenters. The maximum atomic E-state index is 13.6. The molecule has 0 radical (unpaired) electrons. The van der Waals surface area contributed by atoms with Crippen molar-refractivity contribution in [2.24, 2.45) is 4.99 Å². The van der Waals surface area contributed by atoms with Crippen molar-refractivity contribution in [1.82, 2.24) is 25.4 Å². The lowest BCUT2D eigenvalue weighted by Gasteiger charge is -2.18. The highest BCUT2D eigenvalue weighted by molar-refractivity contribution is 5.80. The monoisotopic (exact) mass is 304 g/mol. The number of benzene rings is 1. The summed E-state index contributed by atoms with van der Waals surface area (Å²) in [4.78, 5) is 8.05. The Morgan fingerprint density at radius 3 is 2.91 bits per heavy atom. The molecule has 22 heavy (non-hydrogen) atoms. The highest BCUT2D eigenvalue weighted by Crippen LogP contribution is 2.16. The van der Waals surface area contributed by atoms with E-state index in [0.717, 1.165) is 5.56 Å². The molecule has 2 rings (SSSR count). The molecule has 0 fully saturated rings. The zero-order chi connectivity index (χ0) is 15.9. The van der Waals surface area contributed by atoms with Crippen LogP contribution in [0, 0.1) is 12.7 Å². The molecule has 118 valence electrons. The van der Waals surface area contributed by atoms with E-state index in [4.69, 9.17) is 0 Å². The summed E-state index contributed by atoms with van der Waals surface area (Å²) in [5.74, 6) is 0.467. The number of hydrogen-bond donors (Lipinski definition) is 2. The normalized spacial score (nSPS) is 13.0. The Balaban J connectivity index is 1.87. The van der Waals surface area contributed by atoms with Gasteiger partial charge in [-0.1, -0.05) is 12.1 Å². The van der Waals surface area contributed by atoms with Gasteiger partial charge in [-0.15, -0.1) is 0 Å². The lowest BCUT2D eigenvalue weighted by atomic mass is 10.1. The van der Waals surface area contributed by atoms with Crippen molar-refractivity contribution in [2.75, 3.05) is 13.6 Å². The molecular weight excluding hydrogens is 283 g/mol. The highest BCUT2D eigenvalue weighted by Gasteiger charge is 2.09. The number of aryl methyl sites for hydroxylation is 1.